The lowest BCUT2D eigenvalue weighted by Gasteiger charge is -2.07. The fraction of sp³-hybridized carbons (Fsp3) is 0.333. The number of imidazole rings is 1. The van der Waals surface area contributed by atoms with Gasteiger partial charge in [0.1, 0.15) is 17.7 Å². The molecule has 0 aliphatic heterocycles. The SMILES string of the molecule is CCn1cnnc1Cn1c(CCl)nc2cccnc21. The topological polar surface area (TPSA) is 61.4 Å². The van der Waals surface area contributed by atoms with Crippen LogP contribution in [0, 0.1) is 0 Å². The number of nitrogens with zero attached hydrogens (tertiary/aromatic N) is 6. The first-order valence-corrected chi connectivity index (χ1v) is 6.59. The number of halogens is 1. The van der Waals surface area contributed by atoms with E-state index in [9.17, 15) is 0 Å². The maximum absolute atomic E-state index is 5.96. The number of pyridine rings is 1. The van der Waals surface area contributed by atoms with E-state index in [4.69, 9.17) is 11.6 Å². The third kappa shape index (κ3) is 2.08. The summed E-state index contributed by atoms with van der Waals surface area (Å²) in [6.45, 7) is 3.46. The molecule has 0 bridgehead atoms. The number of fused-ring (bicyclic) bond motifs is 1. The minimum Gasteiger partial charge on any atom is -0.316 e. The predicted octanol–water partition coefficient (Wildman–Crippen LogP) is 1.83. The Hall–Kier alpha value is -1.95. The van der Waals surface area contributed by atoms with E-state index >= 15 is 0 Å². The number of hydrogen-bond acceptors (Lipinski definition) is 4. The highest BCUT2D eigenvalue weighted by atomic mass is 35.5. The summed E-state index contributed by atoms with van der Waals surface area (Å²) < 4.78 is 3.98. The van der Waals surface area contributed by atoms with E-state index in [1.165, 1.54) is 0 Å². The zero-order valence-corrected chi connectivity index (χ0v) is 11.2. The second-order valence-electron chi connectivity index (χ2n) is 4.13. The van der Waals surface area contributed by atoms with Crippen molar-refractivity contribution in [2.24, 2.45) is 0 Å². The van der Waals surface area contributed by atoms with Crippen LogP contribution in [0.5, 0.6) is 0 Å². The van der Waals surface area contributed by atoms with Crippen molar-refractivity contribution in [2.45, 2.75) is 25.9 Å². The maximum atomic E-state index is 5.96. The summed E-state index contributed by atoms with van der Waals surface area (Å²) in [4.78, 5) is 8.85. The van der Waals surface area contributed by atoms with Crippen LogP contribution in [0.1, 0.15) is 18.6 Å². The predicted molar refractivity (Wildman–Crippen MR) is 71.9 cm³/mol. The molecule has 7 heteroatoms. The third-order valence-corrected chi connectivity index (χ3v) is 3.28. The van der Waals surface area contributed by atoms with Crippen molar-refractivity contribution in [1.82, 2.24) is 29.3 Å². The molecule has 3 aromatic heterocycles. The maximum Gasteiger partial charge on any atom is 0.160 e. The Morgan fingerprint density at radius 2 is 2.21 bits per heavy atom. The molecule has 6 nitrogen and oxygen atoms in total. The van der Waals surface area contributed by atoms with E-state index in [-0.39, 0.29) is 0 Å². The summed E-state index contributed by atoms with van der Waals surface area (Å²) in [6.07, 6.45) is 3.48. The lowest BCUT2D eigenvalue weighted by Crippen LogP contribution is -2.10. The van der Waals surface area contributed by atoms with Gasteiger partial charge in [-0.2, -0.15) is 0 Å². The molecule has 3 rings (SSSR count). The molecule has 0 spiro atoms. The molecule has 0 N–H and O–H groups in total. The van der Waals surface area contributed by atoms with E-state index < -0.39 is 0 Å². The zero-order chi connectivity index (χ0) is 13.2. The average molecular weight is 277 g/mol. The van der Waals surface area contributed by atoms with Gasteiger partial charge in [0.15, 0.2) is 11.5 Å². The van der Waals surface area contributed by atoms with Crippen molar-refractivity contribution in [3.05, 3.63) is 36.3 Å². The van der Waals surface area contributed by atoms with Crippen molar-refractivity contribution in [1.29, 1.82) is 0 Å². The monoisotopic (exact) mass is 276 g/mol. The molecule has 0 aliphatic rings. The van der Waals surface area contributed by atoms with E-state index in [0.29, 0.717) is 12.4 Å². The fourth-order valence-corrected chi connectivity index (χ4v) is 2.28. The minimum absolute atomic E-state index is 0.344. The molecule has 3 aromatic rings. The molecule has 0 atom stereocenters. The number of hydrogen-bond donors (Lipinski definition) is 0. The summed E-state index contributed by atoms with van der Waals surface area (Å²) in [6, 6.07) is 3.80. The van der Waals surface area contributed by atoms with E-state index in [1.807, 2.05) is 21.3 Å². The number of aromatic nitrogens is 6. The van der Waals surface area contributed by atoms with Gasteiger partial charge < -0.3 is 9.13 Å². The Morgan fingerprint density at radius 3 is 3.00 bits per heavy atom. The van der Waals surface area contributed by atoms with E-state index in [1.54, 1.807) is 12.5 Å². The Balaban J connectivity index is 2.09. The Bertz CT molecular complexity index is 701. The van der Waals surface area contributed by atoms with Gasteiger partial charge in [0.25, 0.3) is 0 Å². The van der Waals surface area contributed by atoms with Gasteiger partial charge in [-0.1, -0.05) is 0 Å². The van der Waals surface area contributed by atoms with Crippen LogP contribution in [0.25, 0.3) is 11.2 Å². The van der Waals surface area contributed by atoms with E-state index in [2.05, 4.69) is 27.1 Å². The normalized spacial score (nSPS) is 11.3. The van der Waals surface area contributed by atoms with Crippen LogP contribution < -0.4 is 0 Å². The van der Waals surface area contributed by atoms with Gasteiger partial charge in [-0.15, -0.1) is 21.8 Å². The summed E-state index contributed by atoms with van der Waals surface area (Å²) in [5, 5.41) is 8.07. The van der Waals surface area contributed by atoms with Crippen LogP contribution >= 0.6 is 11.6 Å². The zero-order valence-electron chi connectivity index (χ0n) is 10.5. The first-order chi connectivity index (χ1) is 9.33. The van der Waals surface area contributed by atoms with Crippen LogP contribution in [0.15, 0.2) is 24.7 Å². The quantitative estimate of drug-likeness (QED) is 0.682. The van der Waals surface area contributed by atoms with Gasteiger partial charge in [-0.05, 0) is 19.1 Å². The molecule has 0 aromatic carbocycles. The smallest absolute Gasteiger partial charge is 0.160 e. The summed E-state index contributed by atoms with van der Waals surface area (Å²) in [5.41, 5.74) is 1.67. The molecule has 0 saturated carbocycles. The van der Waals surface area contributed by atoms with Crippen LogP contribution in [-0.2, 0) is 19.0 Å². The Morgan fingerprint density at radius 1 is 1.32 bits per heavy atom. The second-order valence-corrected chi connectivity index (χ2v) is 4.39. The van der Waals surface area contributed by atoms with Crippen molar-refractivity contribution >= 4 is 22.8 Å². The number of rotatable bonds is 4. The standard InChI is InChI=1S/C12H13ClN6/c1-2-18-8-15-17-11(18)7-19-10(6-13)16-9-4-3-5-14-12(9)19/h3-5,8H,2,6-7H2,1H3. The van der Waals surface area contributed by atoms with Crippen molar-refractivity contribution in [3.8, 4) is 0 Å². The Kier molecular flexibility index (Phi) is 3.16. The summed E-state index contributed by atoms with van der Waals surface area (Å²) in [5.74, 6) is 2.01. The summed E-state index contributed by atoms with van der Waals surface area (Å²) in [7, 11) is 0. The van der Waals surface area contributed by atoms with Gasteiger partial charge in [0.05, 0.1) is 12.4 Å². The van der Waals surface area contributed by atoms with E-state index in [0.717, 1.165) is 29.4 Å². The lowest BCUT2D eigenvalue weighted by atomic mass is 10.4. The first-order valence-electron chi connectivity index (χ1n) is 6.06. The fourth-order valence-electron chi connectivity index (χ4n) is 2.08. The van der Waals surface area contributed by atoms with Crippen LogP contribution in [0.3, 0.4) is 0 Å². The van der Waals surface area contributed by atoms with Crippen LogP contribution in [0.2, 0.25) is 0 Å². The molecule has 0 saturated heterocycles. The summed E-state index contributed by atoms with van der Waals surface area (Å²) >= 11 is 5.96. The number of alkyl halides is 1. The molecule has 0 unspecified atom stereocenters. The molecule has 0 amide bonds. The minimum atomic E-state index is 0.344. The molecular weight excluding hydrogens is 264 g/mol. The van der Waals surface area contributed by atoms with Gasteiger partial charge >= 0.3 is 0 Å². The van der Waals surface area contributed by atoms with Crippen molar-refractivity contribution < 1.29 is 0 Å². The molecule has 98 valence electrons. The highest BCUT2D eigenvalue weighted by Gasteiger charge is 2.13. The highest BCUT2D eigenvalue weighted by Crippen LogP contribution is 2.16. The molecule has 0 fully saturated rings. The third-order valence-electron chi connectivity index (χ3n) is 3.04. The largest absolute Gasteiger partial charge is 0.316 e. The molecule has 19 heavy (non-hydrogen) atoms. The first kappa shape index (κ1) is 12.1. The van der Waals surface area contributed by atoms with Gasteiger partial charge in [-0.25, -0.2) is 9.97 Å². The Labute approximate surface area is 115 Å². The number of aryl methyl sites for hydroxylation is 1. The lowest BCUT2D eigenvalue weighted by molar-refractivity contribution is 0.646. The van der Waals surface area contributed by atoms with Gasteiger partial charge in [-0.3, -0.25) is 0 Å². The van der Waals surface area contributed by atoms with Gasteiger partial charge in [0.2, 0.25) is 0 Å². The molecule has 3 heterocycles. The molecular formula is C12H13ClN6. The average Bonchev–Trinajstić information content (AvgIpc) is 3.04. The van der Waals surface area contributed by atoms with Gasteiger partial charge in [0, 0.05) is 12.7 Å². The molecule has 0 aliphatic carbocycles. The van der Waals surface area contributed by atoms with Crippen LogP contribution in [-0.4, -0.2) is 29.3 Å². The highest BCUT2D eigenvalue weighted by molar-refractivity contribution is 6.16. The van der Waals surface area contributed by atoms with Crippen molar-refractivity contribution in [3.63, 3.8) is 0 Å². The van der Waals surface area contributed by atoms with Crippen molar-refractivity contribution in [2.75, 3.05) is 0 Å². The van der Waals surface area contributed by atoms with Crippen LogP contribution in [0.4, 0.5) is 0 Å². The molecule has 0 radical (unpaired) electrons. The second kappa shape index (κ2) is 4.97.